The van der Waals surface area contributed by atoms with Gasteiger partial charge in [0.05, 0.1) is 33.0 Å². The van der Waals surface area contributed by atoms with Gasteiger partial charge in [-0.2, -0.15) is 12.7 Å². The van der Waals surface area contributed by atoms with Gasteiger partial charge in [-0.05, 0) is 68.9 Å². The number of piperidine rings is 1. The van der Waals surface area contributed by atoms with E-state index in [9.17, 15) is 13.2 Å². The van der Waals surface area contributed by atoms with Crippen molar-refractivity contribution in [3.05, 3.63) is 63.3 Å². The maximum Gasteiger partial charge on any atom is 0.303 e. The number of nitrogens with one attached hydrogen (secondary N) is 1. The molecule has 1 N–H and O–H groups in total. The number of amides is 1. The average molecular weight is 677 g/mol. The lowest BCUT2D eigenvalue weighted by Crippen LogP contribution is -2.45. The van der Waals surface area contributed by atoms with Gasteiger partial charge in [0.1, 0.15) is 11.5 Å². The molecule has 7 rings (SSSR count). The molecule has 44 heavy (non-hydrogen) atoms. The summed E-state index contributed by atoms with van der Waals surface area (Å²) in [6.45, 7) is 0.381. The predicted octanol–water partition coefficient (Wildman–Crippen LogP) is 6.39. The molecule has 232 valence electrons. The van der Waals surface area contributed by atoms with Gasteiger partial charge in [-0.25, -0.2) is 9.71 Å². The summed E-state index contributed by atoms with van der Waals surface area (Å²) in [5.41, 5.74) is 3.31. The molecule has 2 aromatic heterocycles. The second-order valence-electron chi connectivity index (χ2n) is 11.8. The van der Waals surface area contributed by atoms with Crippen molar-refractivity contribution in [2.24, 2.45) is 0 Å². The van der Waals surface area contributed by atoms with Crippen molar-refractivity contribution in [2.75, 3.05) is 19.0 Å². The lowest BCUT2D eigenvalue weighted by Gasteiger charge is -2.38. The Morgan fingerprint density at radius 3 is 2.48 bits per heavy atom. The van der Waals surface area contributed by atoms with Gasteiger partial charge in [0.2, 0.25) is 0 Å². The number of aromatic nitrogens is 2. The van der Waals surface area contributed by atoms with Crippen LogP contribution in [0.15, 0.2) is 40.9 Å². The highest BCUT2D eigenvalue weighted by Gasteiger charge is 2.43. The summed E-state index contributed by atoms with van der Waals surface area (Å²) in [4.78, 5) is 19.9. The van der Waals surface area contributed by atoms with E-state index in [1.807, 2.05) is 6.07 Å². The van der Waals surface area contributed by atoms with E-state index in [0.717, 1.165) is 69.5 Å². The molecule has 2 atom stereocenters. The number of benzene rings is 2. The number of thiazole rings is 1. The largest absolute Gasteiger partial charge is 0.373 e. The highest BCUT2D eigenvalue weighted by molar-refractivity contribution is 7.87. The van der Waals surface area contributed by atoms with Gasteiger partial charge >= 0.3 is 10.2 Å². The van der Waals surface area contributed by atoms with Crippen LogP contribution in [0.25, 0.3) is 21.5 Å². The Balaban J connectivity index is 1.06. The number of ether oxygens (including phenoxy) is 1. The topological polar surface area (TPSA) is 118 Å². The van der Waals surface area contributed by atoms with E-state index in [1.165, 1.54) is 25.4 Å². The molecular weight excluding hydrogens is 645 g/mol. The molecule has 2 bridgehead atoms. The zero-order valence-corrected chi connectivity index (χ0v) is 27.3. The zero-order chi connectivity index (χ0) is 30.7. The number of anilines is 1. The molecule has 2 aromatic carbocycles. The van der Waals surface area contributed by atoms with E-state index in [1.54, 1.807) is 30.3 Å². The number of halogens is 2. The van der Waals surface area contributed by atoms with E-state index in [2.05, 4.69) is 14.8 Å². The molecule has 4 aromatic rings. The third-order valence-corrected chi connectivity index (χ3v) is 11.7. The highest BCUT2D eigenvalue weighted by atomic mass is 35.5. The van der Waals surface area contributed by atoms with Crippen LogP contribution < -0.4 is 9.62 Å². The first kappa shape index (κ1) is 29.9. The van der Waals surface area contributed by atoms with Crippen LogP contribution in [-0.4, -0.2) is 61.1 Å². The summed E-state index contributed by atoms with van der Waals surface area (Å²) in [5, 5.41) is 6.37. The molecule has 0 radical (unpaired) electrons. The van der Waals surface area contributed by atoms with Crippen molar-refractivity contribution < 1.29 is 22.5 Å². The van der Waals surface area contributed by atoms with Gasteiger partial charge in [-0.1, -0.05) is 45.8 Å². The second-order valence-corrected chi connectivity index (χ2v) is 15.5. The molecule has 10 nitrogen and oxygen atoms in total. The number of hydrogen-bond acceptors (Lipinski definition) is 9. The van der Waals surface area contributed by atoms with Crippen molar-refractivity contribution >= 4 is 66.0 Å². The van der Waals surface area contributed by atoms with Crippen molar-refractivity contribution in [1.82, 2.24) is 19.2 Å². The van der Waals surface area contributed by atoms with Gasteiger partial charge in [-0.15, -0.1) is 0 Å². The van der Waals surface area contributed by atoms with Gasteiger partial charge in [-0.3, -0.25) is 4.79 Å². The number of nitrogens with zero attached hydrogens (tertiary/aromatic N) is 4. The number of carbonyl (C=O) groups is 1. The summed E-state index contributed by atoms with van der Waals surface area (Å²) >= 11 is 14.6. The van der Waals surface area contributed by atoms with Crippen LogP contribution in [-0.2, 0) is 21.6 Å². The smallest absolute Gasteiger partial charge is 0.303 e. The van der Waals surface area contributed by atoms with E-state index in [-0.39, 0.29) is 23.8 Å². The summed E-state index contributed by atoms with van der Waals surface area (Å²) in [7, 11) is -1.15. The fraction of sp³-hybridized carbons (Fsp3) is 0.433. The number of hydrogen-bond donors (Lipinski definition) is 1. The molecule has 3 aliphatic rings. The Bertz CT molecular complexity index is 1820. The van der Waals surface area contributed by atoms with Crippen molar-refractivity contribution in [1.29, 1.82) is 0 Å². The molecule has 4 heterocycles. The number of carbonyl (C=O) groups excluding carboxylic acids is 1. The Morgan fingerprint density at radius 2 is 1.82 bits per heavy atom. The third-order valence-electron chi connectivity index (χ3n) is 8.68. The van der Waals surface area contributed by atoms with Gasteiger partial charge in [0.15, 0.2) is 5.13 Å². The molecule has 2 unspecified atom stereocenters. The first-order chi connectivity index (χ1) is 21.1. The van der Waals surface area contributed by atoms with Crippen LogP contribution in [0.1, 0.15) is 66.1 Å². The van der Waals surface area contributed by atoms with E-state index >= 15 is 0 Å². The molecular formula is C30H31Cl2N5O5S2. The zero-order valence-electron chi connectivity index (χ0n) is 24.1. The molecule has 1 aliphatic carbocycles. The average Bonchev–Trinajstić information content (AvgIpc) is 3.51. The van der Waals surface area contributed by atoms with Crippen molar-refractivity contribution in [3.63, 3.8) is 0 Å². The van der Waals surface area contributed by atoms with Crippen LogP contribution in [0.5, 0.6) is 0 Å². The Labute approximate surface area is 269 Å². The van der Waals surface area contributed by atoms with Crippen LogP contribution in [0.4, 0.5) is 5.13 Å². The highest BCUT2D eigenvalue weighted by Crippen LogP contribution is 2.47. The molecule has 2 aliphatic heterocycles. The minimum absolute atomic E-state index is 0.0728. The van der Waals surface area contributed by atoms with Crippen LogP contribution in [0.2, 0.25) is 10.0 Å². The molecule has 1 saturated carbocycles. The van der Waals surface area contributed by atoms with Gasteiger partial charge in [0, 0.05) is 48.8 Å². The van der Waals surface area contributed by atoms with Crippen molar-refractivity contribution in [3.8, 4) is 11.3 Å². The number of rotatable bonds is 9. The summed E-state index contributed by atoms with van der Waals surface area (Å²) in [5.74, 6) is 0.557. The van der Waals surface area contributed by atoms with E-state index in [0.29, 0.717) is 33.8 Å². The third kappa shape index (κ3) is 5.60. The first-order valence-corrected chi connectivity index (χ1v) is 17.6. The van der Waals surface area contributed by atoms with Gasteiger partial charge < -0.3 is 14.2 Å². The lowest BCUT2D eigenvalue weighted by atomic mass is 10.00. The Kier molecular flexibility index (Phi) is 7.87. The lowest BCUT2D eigenvalue weighted by molar-refractivity contribution is 0.0147. The van der Waals surface area contributed by atoms with E-state index in [4.69, 9.17) is 37.4 Å². The molecule has 14 heteroatoms. The normalized spacial score (nSPS) is 21.8. The van der Waals surface area contributed by atoms with E-state index < -0.39 is 16.1 Å². The van der Waals surface area contributed by atoms with Gasteiger partial charge in [0.25, 0.3) is 5.91 Å². The SMILES string of the molecule is CN(C)S(=O)(=O)NC(=O)c1ccc2nc(N3C4CCC3CC(OCc3c(-c5c(Cl)cccc5Cl)noc3C3CC3)C4)sc2c1. The number of fused-ring (bicyclic) bond motifs is 3. The standard InChI is InChI=1S/C30H31Cl2N5O5S2/c1-36(2)44(39,40)35-29(38)17-8-11-24-25(12-17)43-30(33-24)37-18-9-10-19(37)14-20(13-18)41-15-21-27(34-42-28(21)16-6-7-16)26-22(31)4-3-5-23(26)32/h3-5,8,11-12,16,18-20H,6-7,9-10,13-15H2,1-2H3,(H,35,38). The summed E-state index contributed by atoms with van der Waals surface area (Å²) in [6.07, 6.45) is 6.07. The van der Waals surface area contributed by atoms with Crippen LogP contribution in [0, 0.1) is 0 Å². The van der Waals surface area contributed by atoms with Crippen molar-refractivity contribution in [2.45, 2.75) is 69.2 Å². The quantitative estimate of drug-likeness (QED) is 0.217. The molecule has 1 amide bonds. The fourth-order valence-corrected chi connectivity index (χ4v) is 8.52. The summed E-state index contributed by atoms with van der Waals surface area (Å²) < 4.78 is 40.5. The maximum absolute atomic E-state index is 12.6. The Morgan fingerprint density at radius 1 is 1.11 bits per heavy atom. The predicted molar refractivity (Wildman–Crippen MR) is 171 cm³/mol. The second kappa shape index (κ2) is 11.6. The first-order valence-electron chi connectivity index (χ1n) is 14.6. The minimum atomic E-state index is -3.88. The molecule has 3 fully saturated rings. The molecule has 0 spiro atoms. The summed E-state index contributed by atoms with van der Waals surface area (Å²) in [6, 6.07) is 11.1. The molecule has 2 saturated heterocycles. The van der Waals surface area contributed by atoms with Crippen LogP contribution in [0.3, 0.4) is 0 Å². The Hall–Kier alpha value is -2.74. The minimum Gasteiger partial charge on any atom is -0.373 e. The maximum atomic E-state index is 12.6. The monoisotopic (exact) mass is 675 g/mol. The van der Waals surface area contributed by atoms with Crippen LogP contribution >= 0.6 is 34.5 Å². The fourth-order valence-electron chi connectivity index (χ4n) is 6.26.